The van der Waals surface area contributed by atoms with Gasteiger partial charge in [0.25, 0.3) is 5.91 Å². The number of nitrogens with two attached hydrogens (primary N) is 2. The minimum absolute atomic E-state index is 0.0115. The molecule has 0 radical (unpaired) electrons. The zero-order chi connectivity index (χ0) is 24.0. The molecule has 0 spiro atoms. The van der Waals surface area contributed by atoms with Crippen LogP contribution in [0.15, 0.2) is 18.3 Å². The number of benzene rings is 1. The van der Waals surface area contributed by atoms with Crippen molar-refractivity contribution in [2.75, 3.05) is 37.8 Å². The molecule has 0 aliphatic carbocycles. The number of phenols is 1. The summed E-state index contributed by atoms with van der Waals surface area (Å²) in [6, 6.07) is 3.38. The highest BCUT2D eigenvalue weighted by Gasteiger charge is 2.29. The average molecular weight is 452 g/mol. The number of hydrogen-bond donors (Lipinski definition) is 3. The summed E-state index contributed by atoms with van der Waals surface area (Å²) in [6.45, 7) is 4.96. The van der Waals surface area contributed by atoms with E-state index in [1.165, 1.54) is 0 Å². The Labute approximate surface area is 191 Å². The number of anilines is 2. The van der Waals surface area contributed by atoms with Crippen LogP contribution in [-0.4, -0.2) is 63.5 Å². The van der Waals surface area contributed by atoms with Crippen molar-refractivity contribution in [3.63, 3.8) is 0 Å². The van der Waals surface area contributed by atoms with Crippen LogP contribution in [0.5, 0.6) is 5.75 Å². The summed E-state index contributed by atoms with van der Waals surface area (Å²) in [7, 11) is 3.54. The molecule has 0 unspecified atom stereocenters. The number of nitrogen functional groups attached to an aromatic ring is 1. The first kappa shape index (κ1) is 22.4. The summed E-state index contributed by atoms with van der Waals surface area (Å²) < 4.78 is 1.62. The van der Waals surface area contributed by atoms with E-state index < -0.39 is 5.91 Å². The van der Waals surface area contributed by atoms with Crippen molar-refractivity contribution < 1.29 is 14.7 Å². The fourth-order valence-corrected chi connectivity index (χ4v) is 4.56. The van der Waals surface area contributed by atoms with Gasteiger partial charge in [0.05, 0.1) is 11.9 Å². The number of phenolic OH excluding ortho intramolecular Hbond substituents is 1. The van der Waals surface area contributed by atoms with Gasteiger partial charge in [-0.05, 0) is 38.3 Å². The SMILES string of the molecule is Cc1ccc(O)c(C)c1-n1c(N)c(C(N)=O)c2nc(N3CCC(C(=O)N(C)C)CC3)cnc21. The van der Waals surface area contributed by atoms with Gasteiger partial charge in [-0.1, -0.05) is 6.07 Å². The van der Waals surface area contributed by atoms with Gasteiger partial charge in [-0.2, -0.15) is 0 Å². The van der Waals surface area contributed by atoms with Crippen molar-refractivity contribution in [3.8, 4) is 11.4 Å². The van der Waals surface area contributed by atoms with Crippen molar-refractivity contribution >= 4 is 34.6 Å². The van der Waals surface area contributed by atoms with Gasteiger partial charge < -0.3 is 26.4 Å². The molecule has 1 aliphatic rings. The van der Waals surface area contributed by atoms with Gasteiger partial charge in [-0.25, -0.2) is 9.97 Å². The fourth-order valence-electron chi connectivity index (χ4n) is 4.56. The zero-order valence-corrected chi connectivity index (χ0v) is 19.3. The minimum atomic E-state index is -0.701. The Hall–Kier alpha value is -3.82. The molecule has 3 heterocycles. The normalized spacial score (nSPS) is 14.6. The summed E-state index contributed by atoms with van der Waals surface area (Å²) >= 11 is 0. The second-order valence-electron chi connectivity index (χ2n) is 8.73. The number of piperidine rings is 1. The smallest absolute Gasteiger partial charge is 0.254 e. The number of nitrogens with zero attached hydrogens (tertiary/aromatic N) is 5. The molecular formula is C23H29N7O3. The third kappa shape index (κ3) is 3.71. The molecule has 0 bridgehead atoms. The third-order valence-corrected chi connectivity index (χ3v) is 6.37. The Balaban J connectivity index is 1.79. The number of aromatic nitrogens is 3. The van der Waals surface area contributed by atoms with E-state index in [0.29, 0.717) is 54.2 Å². The number of fused-ring (bicyclic) bond motifs is 1. The van der Waals surface area contributed by atoms with Gasteiger partial charge in [0.15, 0.2) is 5.65 Å². The highest BCUT2D eigenvalue weighted by atomic mass is 16.3. The lowest BCUT2D eigenvalue weighted by atomic mass is 9.95. The fraction of sp³-hybridized carbons (Fsp3) is 0.391. The van der Waals surface area contributed by atoms with Crippen LogP contribution in [0.2, 0.25) is 0 Å². The monoisotopic (exact) mass is 451 g/mol. The molecule has 2 amide bonds. The number of hydrogen-bond acceptors (Lipinski definition) is 7. The van der Waals surface area contributed by atoms with E-state index >= 15 is 0 Å². The average Bonchev–Trinajstić information content (AvgIpc) is 3.07. The maximum absolute atomic E-state index is 12.3. The van der Waals surface area contributed by atoms with Gasteiger partial charge >= 0.3 is 0 Å². The second kappa shape index (κ2) is 8.27. The topological polar surface area (TPSA) is 144 Å². The van der Waals surface area contributed by atoms with Gasteiger partial charge in [-0.15, -0.1) is 0 Å². The molecule has 1 fully saturated rings. The van der Waals surface area contributed by atoms with E-state index in [4.69, 9.17) is 16.5 Å². The largest absolute Gasteiger partial charge is 0.508 e. The van der Waals surface area contributed by atoms with Crippen molar-refractivity contribution in [2.24, 2.45) is 11.7 Å². The first-order valence-corrected chi connectivity index (χ1v) is 10.8. The van der Waals surface area contributed by atoms with Crippen molar-refractivity contribution in [2.45, 2.75) is 26.7 Å². The highest BCUT2D eigenvalue weighted by Crippen LogP contribution is 2.35. The molecule has 5 N–H and O–H groups in total. The first-order valence-electron chi connectivity index (χ1n) is 10.8. The molecule has 1 aliphatic heterocycles. The molecule has 0 saturated carbocycles. The Morgan fingerprint density at radius 3 is 2.45 bits per heavy atom. The summed E-state index contributed by atoms with van der Waals surface area (Å²) in [4.78, 5) is 37.6. The zero-order valence-electron chi connectivity index (χ0n) is 19.3. The second-order valence-corrected chi connectivity index (χ2v) is 8.73. The van der Waals surface area contributed by atoms with Crippen LogP contribution in [-0.2, 0) is 4.79 Å². The molecular weight excluding hydrogens is 422 g/mol. The quantitative estimate of drug-likeness (QED) is 0.548. The van der Waals surface area contributed by atoms with Crippen LogP contribution in [0.4, 0.5) is 11.6 Å². The Kier molecular flexibility index (Phi) is 5.61. The number of carbonyl (C=O) groups is 2. The van der Waals surface area contributed by atoms with Crippen LogP contribution < -0.4 is 16.4 Å². The molecule has 0 atom stereocenters. The molecule has 10 nitrogen and oxygen atoms in total. The predicted molar refractivity (Wildman–Crippen MR) is 127 cm³/mol. The Morgan fingerprint density at radius 2 is 1.85 bits per heavy atom. The number of amides is 2. The number of aromatic hydroxyl groups is 1. The maximum atomic E-state index is 12.3. The molecule has 4 rings (SSSR count). The van der Waals surface area contributed by atoms with E-state index in [1.54, 1.807) is 48.8 Å². The number of carbonyl (C=O) groups excluding carboxylic acids is 2. The summed E-state index contributed by atoms with van der Waals surface area (Å²) in [5.41, 5.74) is 15.0. The molecule has 1 saturated heterocycles. The summed E-state index contributed by atoms with van der Waals surface area (Å²) in [5, 5.41) is 10.3. The summed E-state index contributed by atoms with van der Waals surface area (Å²) in [5.74, 6) is 0.256. The minimum Gasteiger partial charge on any atom is -0.508 e. The van der Waals surface area contributed by atoms with Crippen LogP contribution in [0.1, 0.15) is 34.3 Å². The Morgan fingerprint density at radius 1 is 1.18 bits per heavy atom. The van der Waals surface area contributed by atoms with Gasteiger partial charge in [-0.3, -0.25) is 14.2 Å². The molecule has 2 aromatic heterocycles. The van der Waals surface area contributed by atoms with E-state index in [9.17, 15) is 14.7 Å². The number of primary amides is 1. The number of aryl methyl sites for hydroxylation is 1. The van der Waals surface area contributed by atoms with Gasteiger partial charge in [0.2, 0.25) is 5.91 Å². The van der Waals surface area contributed by atoms with Crippen LogP contribution in [0.25, 0.3) is 16.9 Å². The van der Waals surface area contributed by atoms with E-state index in [1.807, 2.05) is 6.92 Å². The Bertz CT molecular complexity index is 1260. The molecule has 3 aromatic rings. The van der Waals surface area contributed by atoms with Crippen LogP contribution in [0, 0.1) is 19.8 Å². The van der Waals surface area contributed by atoms with E-state index in [0.717, 1.165) is 5.56 Å². The third-order valence-electron chi connectivity index (χ3n) is 6.37. The van der Waals surface area contributed by atoms with Gasteiger partial charge in [0.1, 0.15) is 28.5 Å². The molecule has 174 valence electrons. The lowest BCUT2D eigenvalue weighted by Gasteiger charge is -2.33. The highest BCUT2D eigenvalue weighted by molar-refractivity contribution is 6.09. The van der Waals surface area contributed by atoms with Crippen LogP contribution >= 0.6 is 0 Å². The van der Waals surface area contributed by atoms with Gasteiger partial charge in [0, 0.05) is 38.7 Å². The van der Waals surface area contributed by atoms with Crippen molar-refractivity contribution in [1.29, 1.82) is 0 Å². The van der Waals surface area contributed by atoms with E-state index in [-0.39, 0.29) is 29.0 Å². The lowest BCUT2D eigenvalue weighted by Crippen LogP contribution is -2.40. The van der Waals surface area contributed by atoms with Crippen molar-refractivity contribution in [1.82, 2.24) is 19.4 Å². The maximum Gasteiger partial charge on any atom is 0.254 e. The number of rotatable bonds is 4. The molecule has 1 aromatic carbocycles. The molecule has 10 heteroatoms. The van der Waals surface area contributed by atoms with E-state index in [2.05, 4.69) is 9.88 Å². The first-order chi connectivity index (χ1) is 15.6. The standard InChI is InChI=1S/C23H29N7O3/c1-12-5-6-15(31)13(2)19(12)30-20(24)17(21(25)32)18-22(30)26-11-16(27-18)29-9-7-14(8-10-29)23(33)28(3)4/h5-6,11,14,31H,7-10,24H2,1-4H3,(H2,25,32). The predicted octanol–water partition coefficient (Wildman–Crippen LogP) is 1.73. The summed E-state index contributed by atoms with van der Waals surface area (Å²) in [6.07, 6.45) is 3.07. The van der Waals surface area contributed by atoms with Crippen LogP contribution in [0.3, 0.4) is 0 Å². The lowest BCUT2D eigenvalue weighted by molar-refractivity contribution is -0.133. The molecule has 33 heavy (non-hydrogen) atoms. The van der Waals surface area contributed by atoms with Crippen molar-refractivity contribution in [3.05, 3.63) is 35.0 Å².